The molecule has 0 aromatic heterocycles. The average Bonchev–Trinajstić information content (AvgIpc) is 2.91. The average molecular weight is 590 g/mol. The molecule has 0 radical (unpaired) electrons. The highest BCUT2D eigenvalue weighted by molar-refractivity contribution is 5.95. The van der Waals surface area contributed by atoms with Crippen LogP contribution in [0.5, 0.6) is 11.5 Å². The monoisotopic (exact) mass is 589 g/mol. The Labute approximate surface area is 241 Å². The second kappa shape index (κ2) is 15.2. The molecule has 0 bridgehead atoms. The first kappa shape index (κ1) is 33.3. The summed E-state index contributed by atoms with van der Waals surface area (Å²) < 4.78 is 43.6. The zero-order valence-corrected chi connectivity index (χ0v) is 23.5. The number of hydrazine groups is 1. The van der Waals surface area contributed by atoms with Crippen LogP contribution in [0.1, 0.15) is 44.9 Å². The minimum atomic E-state index is -5.08. The summed E-state index contributed by atoms with van der Waals surface area (Å²) in [5.74, 6) is -1.89. The molecule has 42 heavy (non-hydrogen) atoms. The number of aliphatic carboxylic acids is 1. The smallest absolute Gasteiger partial charge is 0.487 e. The predicted octanol–water partition coefficient (Wildman–Crippen LogP) is 5.47. The van der Waals surface area contributed by atoms with E-state index in [1.165, 1.54) is 0 Å². The van der Waals surface area contributed by atoms with E-state index in [0.717, 1.165) is 5.69 Å². The molecule has 1 atom stereocenters. The third kappa shape index (κ3) is 10.9. The van der Waals surface area contributed by atoms with Gasteiger partial charge >= 0.3 is 12.1 Å². The topological polar surface area (TPSA) is 159 Å². The maximum atomic E-state index is 13.3. The number of carboxylic acids is 1. The maximum Gasteiger partial charge on any atom is 0.490 e. The number of alkyl halides is 3. The highest BCUT2D eigenvalue weighted by Gasteiger charge is 2.38. The Hall–Kier alpha value is -4.94. The van der Waals surface area contributed by atoms with Crippen LogP contribution in [0.4, 0.5) is 24.5 Å². The van der Waals surface area contributed by atoms with Gasteiger partial charge in [-0.1, -0.05) is 24.3 Å². The second-order valence-corrected chi connectivity index (χ2v) is 9.39. The molecular weight excluding hydrogens is 555 g/mol. The van der Waals surface area contributed by atoms with Gasteiger partial charge in [-0.3, -0.25) is 21.1 Å². The van der Waals surface area contributed by atoms with Gasteiger partial charge in [0.15, 0.2) is 11.5 Å². The number of halogens is 3. The van der Waals surface area contributed by atoms with Crippen LogP contribution in [-0.4, -0.2) is 41.2 Å². The number of nitrogens with two attached hydrogens (primary N) is 1. The van der Waals surface area contributed by atoms with Crippen molar-refractivity contribution in [3.05, 3.63) is 83.9 Å². The van der Waals surface area contributed by atoms with E-state index in [0.29, 0.717) is 28.3 Å². The number of carbonyl (C=O) groups is 2. The van der Waals surface area contributed by atoms with Crippen LogP contribution in [0.25, 0.3) is 0 Å². The van der Waals surface area contributed by atoms with Gasteiger partial charge in [-0.25, -0.2) is 4.79 Å². The first-order valence-corrected chi connectivity index (χ1v) is 12.8. The number of rotatable bonds is 11. The van der Waals surface area contributed by atoms with Crippen molar-refractivity contribution in [2.75, 3.05) is 10.7 Å². The molecule has 0 aliphatic heterocycles. The fraction of sp³-hybridized carbons (Fsp3) is 0.276. The van der Waals surface area contributed by atoms with Crippen molar-refractivity contribution in [1.29, 1.82) is 5.41 Å². The molecule has 0 aliphatic carbocycles. The van der Waals surface area contributed by atoms with Crippen molar-refractivity contribution in [3.63, 3.8) is 0 Å². The molecule has 0 saturated heterocycles. The maximum absolute atomic E-state index is 13.3. The van der Waals surface area contributed by atoms with Gasteiger partial charge in [0.05, 0.1) is 17.9 Å². The fourth-order valence-corrected chi connectivity index (χ4v) is 3.34. The van der Waals surface area contributed by atoms with E-state index in [1.807, 2.05) is 76.2 Å². The van der Waals surface area contributed by atoms with Crippen LogP contribution in [0.15, 0.2) is 72.8 Å². The summed E-state index contributed by atoms with van der Waals surface area (Å²) in [4.78, 5) is 22.2. The predicted molar refractivity (Wildman–Crippen MR) is 154 cm³/mol. The Morgan fingerprint density at radius 2 is 1.40 bits per heavy atom. The third-order valence-corrected chi connectivity index (χ3v) is 5.14. The molecule has 0 saturated carbocycles. The molecule has 226 valence electrons. The van der Waals surface area contributed by atoms with Crippen molar-refractivity contribution in [1.82, 2.24) is 5.43 Å². The Balaban J connectivity index is 0.000000782. The summed E-state index contributed by atoms with van der Waals surface area (Å²) >= 11 is 0. The van der Waals surface area contributed by atoms with Crippen LogP contribution >= 0.6 is 0 Å². The van der Waals surface area contributed by atoms with Crippen molar-refractivity contribution < 1.29 is 37.3 Å². The van der Waals surface area contributed by atoms with E-state index in [2.05, 4.69) is 16.2 Å². The molecule has 0 heterocycles. The van der Waals surface area contributed by atoms with Crippen LogP contribution in [-0.2, 0) is 9.59 Å². The summed E-state index contributed by atoms with van der Waals surface area (Å²) in [5, 5.41) is 18.0. The van der Waals surface area contributed by atoms with E-state index in [-0.39, 0.29) is 24.0 Å². The first-order chi connectivity index (χ1) is 19.7. The van der Waals surface area contributed by atoms with Gasteiger partial charge in [-0.2, -0.15) is 13.2 Å². The molecule has 10 nitrogen and oxygen atoms in total. The summed E-state index contributed by atoms with van der Waals surface area (Å²) in [6.07, 6.45) is -5.18. The zero-order chi connectivity index (χ0) is 31.4. The minimum Gasteiger partial charge on any atom is -0.487 e. The van der Waals surface area contributed by atoms with Crippen molar-refractivity contribution in [3.8, 4) is 11.5 Å². The Bertz CT molecular complexity index is 1330. The van der Waals surface area contributed by atoms with Crippen LogP contribution in [0, 0.1) is 5.41 Å². The van der Waals surface area contributed by atoms with Crippen molar-refractivity contribution in [2.24, 2.45) is 5.73 Å². The number of amidine groups is 1. The number of anilines is 2. The molecule has 3 rings (SSSR count). The molecule has 0 aliphatic rings. The molecule has 7 N–H and O–H groups in total. The van der Waals surface area contributed by atoms with E-state index in [4.69, 9.17) is 30.5 Å². The van der Waals surface area contributed by atoms with E-state index >= 15 is 0 Å². The number of nitrogens with one attached hydrogen (secondary N) is 4. The van der Waals surface area contributed by atoms with Gasteiger partial charge in [0.25, 0.3) is 5.91 Å². The Morgan fingerprint density at radius 3 is 1.90 bits per heavy atom. The Morgan fingerprint density at radius 1 is 0.857 bits per heavy atom. The number of amides is 1. The second-order valence-electron chi connectivity index (χ2n) is 9.39. The molecule has 0 spiro atoms. The van der Waals surface area contributed by atoms with Crippen molar-refractivity contribution >= 4 is 29.1 Å². The van der Waals surface area contributed by atoms with Crippen LogP contribution in [0.2, 0.25) is 0 Å². The SMILES string of the molecule is CC(C)Oc1ccc(C(Nc2ccc(C(=N)N)cc2)C(=O)NNc2ccccc2)cc1OC(C)C.O=C(O)C(F)(F)F. The van der Waals surface area contributed by atoms with Gasteiger partial charge < -0.3 is 25.6 Å². The Kier molecular flexibility index (Phi) is 12.0. The van der Waals surface area contributed by atoms with Crippen LogP contribution in [0.3, 0.4) is 0 Å². The van der Waals surface area contributed by atoms with E-state index in [9.17, 15) is 18.0 Å². The number of hydrogen-bond donors (Lipinski definition) is 6. The van der Waals surface area contributed by atoms with E-state index < -0.39 is 18.2 Å². The number of carboxylic acid groups (broad SMARTS) is 1. The lowest BCUT2D eigenvalue weighted by atomic mass is 10.0. The van der Waals surface area contributed by atoms with Gasteiger partial charge in [0.1, 0.15) is 11.9 Å². The lowest BCUT2D eigenvalue weighted by Gasteiger charge is -2.23. The fourth-order valence-electron chi connectivity index (χ4n) is 3.34. The number of hydrogen-bond acceptors (Lipinski definition) is 7. The van der Waals surface area contributed by atoms with Gasteiger partial charge in [0, 0.05) is 11.3 Å². The number of nitrogen functional groups attached to an aromatic ring is 1. The molecule has 1 unspecified atom stereocenters. The number of para-hydroxylation sites is 1. The molecule has 13 heteroatoms. The lowest BCUT2D eigenvalue weighted by Crippen LogP contribution is -2.37. The quantitative estimate of drug-likeness (QED) is 0.0975. The first-order valence-electron chi connectivity index (χ1n) is 12.8. The molecule has 3 aromatic carbocycles. The number of benzene rings is 3. The zero-order valence-electron chi connectivity index (χ0n) is 23.5. The third-order valence-electron chi connectivity index (χ3n) is 5.14. The molecule has 3 aromatic rings. The summed E-state index contributed by atoms with van der Waals surface area (Å²) in [6.45, 7) is 7.78. The summed E-state index contributed by atoms with van der Waals surface area (Å²) in [7, 11) is 0. The van der Waals surface area contributed by atoms with Crippen LogP contribution < -0.4 is 31.4 Å². The highest BCUT2D eigenvalue weighted by atomic mass is 19.4. The van der Waals surface area contributed by atoms with Gasteiger partial charge in [-0.05, 0) is 81.8 Å². The van der Waals surface area contributed by atoms with Crippen molar-refractivity contribution in [2.45, 2.75) is 52.1 Å². The lowest BCUT2D eigenvalue weighted by molar-refractivity contribution is -0.192. The minimum absolute atomic E-state index is 0.0193. The largest absolute Gasteiger partial charge is 0.490 e. The molecule has 0 fully saturated rings. The normalized spacial score (nSPS) is 11.5. The summed E-state index contributed by atoms with van der Waals surface area (Å²) in [6, 6.07) is 21.1. The number of carbonyl (C=O) groups excluding carboxylic acids is 1. The molecular formula is C29H34F3N5O5. The van der Waals surface area contributed by atoms with Gasteiger partial charge in [-0.15, -0.1) is 0 Å². The van der Waals surface area contributed by atoms with E-state index in [1.54, 1.807) is 24.3 Å². The number of ether oxygens (including phenoxy) is 2. The standard InChI is InChI=1S/C27H33N5O3.C2HF3O2/c1-17(2)34-23-15-12-20(16-24(23)35-18(3)4)25(27(33)32-31-22-8-6-5-7-9-22)30-21-13-10-19(11-14-21)26(28)29;3-2(4,5)1(6)7/h5-18,25,30-31H,1-4H3,(H3,28,29)(H,32,33);(H,6,7). The van der Waals surface area contributed by atoms with Gasteiger partial charge in [0.2, 0.25) is 0 Å². The summed E-state index contributed by atoms with van der Waals surface area (Å²) in [5.41, 5.74) is 14.0. The molecule has 1 amide bonds. The highest BCUT2D eigenvalue weighted by Crippen LogP contribution is 2.33.